The van der Waals surface area contributed by atoms with Crippen molar-refractivity contribution in [3.63, 3.8) is 0 Å². The lowest BCUT2D eigenvalue weighted by Gasteiger charge is -2.37. The molecule has 2 amide bonds. The van der Waals surface area contributed by atoms with Crippen LogP contribution in [0.2, 0.25) is 0 Å². The number of carbonyl (C=O) groups excluding carboxylic acids is 2. The van der Waals surface area contributed by atoms with Crippen molar-refractivity contribution in [2.45, 2.75) is 57.0 Å². The first kappa shape index (κ1) is 19.5. The number of methoxy groups -OCH3 is 1. The molecule has 1 aromatic carbocycles. The van der Waals surface area contributed by atoms with Crippen LogP contribution in [0.3, 0.4) is 0 Å². The van der Waals surface area contributed by atoms with E-state index in [1.54, 1.807) is 18.2 Å². The van der Waals surface area contributed by atoms with E-state index < -0.39 is 5.54 Å². The molecule has 2 unspecified atom stereocenters. The first-order chi connectivity index (χ1) is 12.9. The third kappa shape index (κ3) is 5.13. The number of hydrogen-bond acceptors (Lipinski definition) is 5. The Bertz CT molecular complexity index is 700. The lowest BCUT2D eigenvalue weighted by Crippen LogP contribution is -2.51. The Morgan fingerprint density at radius 3 is 2.67 bits per heavy atom. The molecule has 0 bridgehead atoms. The van der Waals surface area contributed by atoms with Gasteiger partial charge in [-0.1, -0.05) is 12.8 Å². The van der Waals surface area contributed by atoms with E-state index in [4.69, 9.17) is 15.2 Å². The molecule has 27 heavy (non-hydrogen) atoms. The highest BCUT2D eigenvalue weighted by Gasteiger charge is 2.37. The predicted molar refractivity (Wildman–Crippen MR) is 103 cm³/mol. The molecular weight excluding hydrogens is 346 g/mol. The zero-order valence-electron chi connectivity index (χ0n) is 16.0. The quantitative estimate of drug-likeness (QED) is 0.678. The molecule has 2 fully saturated rings. The monoisotopic (exact) mass is 375 g/mol. The Kier molecular flexibility index (Phi) is 5.89. The number of hydrogen-bond donors (Lipinski definition) is 3. The van der Waals surface area contributed by atoms with Crippen LogP contribution < -0.4 is 25.8 Å². The van der Waals surface area contributed by atoms with E-state index in [-0.39, 0.29) is 30.4 Å². The van der Waals surface area contributed by atoms with E-state index in [2.05, 4.69) is 10.6 Å². The summed E-state index contributed by atoms with van der Waals surface area (Å²) in [6, 6.07) is 5.43. The van der Waals surface area contributed by atoms with E-state index in [0.717, 1.165) is 38.5 Å². The lowest BCUT2D eigenvalue weighted by atomic mass is 9.74. The van der Waals surface area contributed by atoms with E-state index in [1.807, 2.05) is 6.92 Å². The molecule has 3 rings (SSSR count). The first-order valence-electron chi connectivity index (χ1n) is 9.59. The third-order valence-electron chi connectivity index (χ3n) is 5.30. The van der Waals surface area contributed by atoms with Crippen molar-refractivity contribution >= 4 is 17.5 Å². The van der Waals surface area contributed by atoms with Crippen molar-refractivity contribution < 1.29 is 19.1 Å². The van der Waals surface area contributed by atoms with Gasteiger partial charge in [-0.2, -0.15) is 0 Å². The molecular formula is C20H29N3O4. The van der Waals surface area contributed by atoms with Crippen LogP contribution in [0.15, 0.2) is 18.2 Å². The SMILES string of the molecule is COc1ccc(NC(=O)C2CCCCC2(C)N)cc1OCC(=O)NC1CC1. The van der Waals surface area contributed by atoms with Crippen LogP contribution in [-0.2, 0) is 9.59 Å². The molecule has 2 aliphatic carbocycles. The van der Waals surface area contributed by atoms with Gasteiger partial charge in [-0.15, -0.1) is 0 Å². The minimum atomic E-state index is -0.491. The average molecular weight is 375 g/mol. The minimum Gasteiger partial charge on any atom is -0.493 e. The highest BCUT2D eigenvalue weighted by Crippen LogP contribution is 2.34. The molecule has 0 aliphatic heterocycles. The van der Waals surface area contributed by atoms with Crippen LogP contribution in [0.5, 0.6) is 11.5 Å². The van der Waals surface area contributed by atoms with Gasteiger partial charge in [0.15, 0.2) is 18.1 Å². The molecule has 7 heteroatoms. The number of carbonyl (C=O) groups is 2. The summed E-state index contributed by atoms with van der Waals surface area (Å²) >= 11 is 0. The molecule has 2 saturated carbocycles. The van der Waals surface area contributed by atoms with E-state index in [9.17, 15) is 9.59 Å². The summed E-state index contributed by atoms with van der Waals surface area (Å²) in [5.41, 5.74) is 6.43. The largest absolute Gasteiger partial charge is 0.493 e. The molecule has 0 saturated heterocycles. The topological polar surface area (TPSA) is 103 Å². The van der Waals surface area contributed by atoms with Gasteiger partial charge < -0.3 is 25.8 Å². The number of rotatable bonds is 7. The van der Waals surface area contributed by atoms with Crippen molar-refractivity contribution in [2.75, 3.05) is 19.0 Å². The smallest absolute Gasteiger partial charge is 0.258 e. The van der Waals surface area contributed by atoms with Gasteiger partial charge in [0, 0.05) is 23.3 Å². The predicted octanol–water partition coefficient (Wildman–Crippen LogP) is 2.20. The Morgan fingerprint density at radius 2 is 2.00 bits per heavy atom. The Hall–Kier alpha value is -2.28. The summed E-state index contributed by atoms with van der Waals surface area (Å²) in [5.74, 6) is 0.466. The second kappa shape index (κ2) is 8.17. The number of nitrogens with two attached hydrogens (primary N) is 1. The molecule has 2 atom stereocenters. The highest BCUT2D eigenvalue weighted by molar-refractivity contribution is 5.93. The molecule has 4 N–H and O–H groups in total. The van der Waals surface area contributed by atoms with Gasteiger partial charge in [0.05, 0.1) is 13.0 Å². The fourth-order valence-corrected chi connectivity index (χ4v) is 3.53. The Morgan fingerprint density at radius 1 is 1.22 bits per heavy atom. The van der Waals surface area contributed by atoms with Crippen LogP contribution in [0.25, 0.3) is 0 Å². The number of nitrogens with one attached hydrogen (secondary N) is 2. The molecule has 0 aromatic heterocycles. The zero-order valence-corrected chi connectivity index (χ0v) is 16.0. The molecule has 1 aromatic rings. The van der Waals surface area contributed by atoms with Crippen LogP contribution in [0.4, 0.5) is 5.69 Å². The van der Waals surface area contributed by atoms with Crippen molar-refractivity contribution in [3.8, 4) is 11.5 Å². The molecule has 0 spiro atoms. The van der Waals surface area contributed by atoms with E-state index in [1.165, 1.54) is 7.11 Å². The van der Waals surface area contributed by atoms with Gasteiger partial charge in [-0.3, -0.25) is 9.59 Å². The van der Waals surface area contributed by atoms with Gasteiger partial charge in [-0.05, 0) is 44.7 Å². The highest BCUT2D eigenvalue weighted by atomic mass is 16.5. The van der Waals surface area contributed by atoms with Gasteiger partial charge in [0.25, 0.3) is 5.91 Å². The molecule has 0 heterocycles. The van der Waals surface area contributed by atoms with Gasteiger partial charge >= 0.3 is 0 Å². The van der Waals surface area contributed by atoms with E-state index >= 15 is 0 Å². The van der Waals surface area contributed by atoms with Crippen LogP contribution in [-0.4, -0.2) is 37.1 Å². The summed E-state index contributed by atoms with van der Waals surface area (Å²) in [4.78, 5) is 24.6. The molecule has 148 valence electrons. The van der Waals surface area contributed by atoms with Crippen molar-refractivity contribution in [1.29, 1.82) is 0 Å². The van der Waals surface area contributed by atoms with Crippen molar-refractivity contribution in [2.24, 2.45) is 11.7 Å². The fourth-order valence-electron chi connectivity index (χ4n) is 3.53. The summed E-state index contributed by atoms with van der Waals surface area (Å²) < 4.78 is 10.9. The van der Waals surface area contributed by atoms with Crippen LogP contribution >= 0.6 is 0 Å². The number of anilines is 1. The maximum atomic E-state index is 12.7. The number of amides is 2. The fraction of sp³-hybridized carbons (Fsp3) is 0.600. The maximum Gasteiger partial charge on any atom is 0.258 e. The molecule has 7 nitrogen and oxygen atoms in total. The zero-order chi connectivity index (χ0) is 19.4. The van der Waals surface area contributed by atoms with Gasteiger partial charge in [0.1, 0.15) is 0 Å². The first-order valence-corrected chi connectivity index (χ1v) is 9.59. The number of ether oxygens (including phenoxy) is 2. The summed E-state index contributed by atoms with van der Waals surface area (Å²) in [6.07, 6.45) is 5.76. The normalized spacial score (nSPS) is 24.8. The summed E-state index contributed by atoms with van der Waals surface area (Å²) in [7, 11) is 1.53. The molecule has 2 aliphatic rings. The molecule has 0 radical (unpaired) electrons. The van der Waals surface area contributed by atoms with Gasteiger partial charge in [-0.25, -0.2) is 0 Å². The lowest BCUT2D eigenvalue weighted by molar-refractivity contribution is -0.123. The van der Waals surface area contributed by atoms with Crippen molar-refractivity contribution in [3.05, 3.63) is 18.2 Å². The second-order valence-corrected chi connectivity index (χ2v) is 7.79. The summed E-state index contributed by atoms with van der Waals surface area (Å²) in [6.45, 7) is 1.85. The Balaban J connectivity index is 1.64. The second-order valence-electron chi connectivity index (χ2n) is 7.79. The van der Waals surface area contributed by atoms with Gasteiger partial charge in [0.2, 0.25) is 5.91 Å². The third-order valence-corrected chi connectivity index (χ3v) is 5.30. The van der Waals surface area contributed by atoms with Crippen LogP contribution in [0, 0.1) is 5.92 Å². The standard InChI is InChI=1S/C20H29N3O4/c1-20(21)10-4-3-5-15(20)19(25)23-14-8-9-16(26-2)17(11-14)27-12-18(24)22-13-6-7-13/h8-9,11,13,15H,3-7,10,12,21H2,1-2H3,(H,22,24)(H,23,25). The van der Waals surface area contributed by atoms with E-state index in [0.29, 0.717) is 17.2 Å². The minimum absolute atomic E-state index is 0.0812. The maximum absolute atomic E-state index is 12.7. The Labute approximate surface area is 160 Å². The van der Waals surface area contributed by atoms with Crippen molar-refractivity contribution in [1.82, 2.24) is 5.32 Å². The average Bonchev–Trinajstić information content (AvgIpc) is 3.43. The summed E-state index contributed by atoms with van der Waals surface area (Å²) in [5, 5.41) is 5.81. The number of benzene rings is 1. The van der Waals surface area contributed by atoms with Crippen LogP contribution in [0.1, 0.15) is 45.4 Å².